The zero-order valence-electron chi connectivity index (χ0n) is 13.7. The lowest BCUT2D eigenvalue weighted by atomic mass is 10.1. The monoisotopic (exact) mass is 360 g/mol. The van der Waals surface area contributed by atoms with Crippen LogP contribution in [0.5, 0.6) is 0 Å². The summed E-state index contributed by atoms with van der Waals surface area (Å²) in [4.78, 5) is 16.6. The van der Waals surface area contributed by atoms with Crippen molar-refractivity contribution in [3.05, 3.63) is 54.4 Å². The average molecular weight is 360 g/mol. The molecule has 3 aromatic rings. The summed E-state index contributed by atoms with van der Waals surface area (Å²) in [6.07, 6.45) is 3.50. The van der Waals surface area contributed by atoms with Crippen molar-refractivity contribution >= 4 is 29.0 Å². The number of carbonyl (C=O) groups is 1. The van der Waals surface area contributed by atoms with Crippen molar-refractivity contribution in [1.82, 2.24) is 14.7 Å². The van der Waals surface area contributed by atoms with Crippen molar-refractivity contribution < 1.29 is 13.2 Å². The van der Waals surface area contributed by atoms with Gasteiger partial charge in [0.2, 0.25) is 0 Å². The molecule has 1 unspecified atom stereocenters. The highest BCUT2D eigenvalue weighted by atomic mass is 32.3. The summed E-state index contributed by atoms with van der Waals surface area (Å²) in [6.45, 7) is 3.80. The number of hydrogen-bond donors (Lipinski definition) is 2. The van der Waals surface area contributed by atoms with E-state index in [0.29, 0.717) is 22.6 Å². The Labute approximate surface area is 147 Å². The molecular formula is C17H17FN4O2S. The van der Waals surface area contributed by atoms with Crippen LogP contribution in [0.1, 0.15) is 24.2 Å². The first-order chi connectivity index (χ1) is 11.9. The first-order valence-electron chi connectivity index (χ1n) is 7.67. The summed E-state index contributed by atoms with van der Waals surface area (Å²) in [7, 11) is 0. The number of fused-ring (bicyclic) bond motifs is 1. The predicted molar refractivity (Wildman–Crippen MR) is 96.1 cm³/mol. The molecule has 6 nitrogen and oxygen atoms in total. The molecule has 8 heteroatoms. The van der Waals surface area contributed by atoms with E-state index < -0.39 is 11.7 Å². The lowest BCUT2D eigenvalue weighted by Gasteiger charge is -2.08. The molecule has 0 bridgehead atoms. The second-order valence-electron chi connectivity index (χ2n) is 5.84. The first kappa shape index (κ1) is 17.2. The summed E-state index contributed by atoms with van der Waals surface area (Å²) >= 11 is -2.63. The van der Waals surface area contributed by atoms with Gasteiger partial charge in [0, 0.05) is 27.9 Å². The second-order valence-corrected chi connectivity index (χ2v) is 6.49. The van der Waals surface area contributed by atoms with E-state index >= 15 is 0 Å². The van der Waals surface area contributed by atoms with Gasteiger partial charge in [-0.1, -0.05) is 12.1 Å². The van der Waals surface area contributed by atoms with Crippen LogP contribution in [0.25, 0.3) is 16.9 Å². The number of amides is 1. The fourth-order valence-electron chi connectivity index (χ4n) is 2.45. The average Bonchev–Trinajstić information content (AvgIpc) is 2.97. The predicted octanol–water partition coefficient (Wildman–Crippen LogP) is 3.10. The van der Waals surface area contributed by atoms with E-state index in [4.69, 9.17) is 0 Å². The van der Waals surface area contributed by atoms with Crippen LogP contribution < -0.4 is 10.0 Å². The SMILES string of the molecule is CC(C)NC(=O)c1ccc2nc(-c3cccc(N[S+]([O-])F)c3)cn2c1. The summed E-state index contributed by atoms with van der Waals surface area (Å²) < 4.78 is 27.2. The lowest BCUT2D eigenvalue weighted by Crippen LogP contribution is -2.30. The van der Waals surface area contributed by atoms with Crippen molar-refractivity contribution in [2.24, 2.45) is 0 Å². The number of pyridine rings is 1. The molecule has 0 saturated heterocycles. The molecule has 0 radical (unpaired) electrons. The van der Waals surface area contributed by atoms with Crippen LogP contribution in [0, 0.1) is 0 Å². The van der Waals surface area contributed by atoms with Crippen LogP contribution in [0.3, 0.4) is 0 Å². The lowest BCUT2D eigenvalue weighted by molar-refractivity contribution is 0.0942. The fraction of sp³-hybridized carbons (Fsp3) is 0.176. The molecule has 130 valence electrons. The van der Waals surface area contributed by atoms with Crippen molar-refractivity contribution in [2.45, 2.75) is 19.9 Å². The summed E-state index contributed by atoms with van der Waals surface area (Å²) in [5, 5.41) is 2.84. The normalized spacial score (nSPS) is 12.4. The standard InChI is InChI=1S/C17H17FN4O2S/c1-11(2)19-17(23)13-6-7-16-20-15(10-22(16)9-13)12-4-3-5-14(8-12)21-25(18)24/h3-11,21H,1-2H3,(H,19,23). The van der Waals surface area contributed by atoms with E-state index in [-0.39, 0.29) is 11.9 Å². The van der Waals surface area contributed by atoms with Crippen molar-refractivity contribution in [1.29, 1.82) is 0 Å². The molecular weight excluding hydrogens is 343 g/mol. The van der Waals surface area contributed by atoms with Gasteiger partial charge in [0.05, 0.1) is 16.9 Å². The van der Waals surface area contributed by atoms with Gasteiger partial charge in [0.15, 0.2) is 0 Å². The van der Waals surface area contributed by atoms with Crippen LogP contribution in [-0.2, 0) is 11.7 Å². The molecule has 2 aromatic heterocycles. The van der Waals surface area contributed by atoms with Crippen LogP contribution in [-0.4, -0.2) is 25.9 Å². The first-order valence-corrected chi connectivity index (χ1v) is 8.72. The highest BCUT2D eigenvalue weighted by molar-refractivity contribution is 7.87. The molecule has 0 aliphatic carbocycles. The quantitative estimate of drug-likeness (QED) is 0.685. The number of rotatable bonds is 5. The van der Waals surface area contributed by atoms with Crippen LogP contribution >= 0.6 is 0 Å². The largest absolute Gasteiger partial charge is 0.555 e. The molecule has 0 saturated carbocycles. The summed E-state index contributed by atoms with van der Waals surface area (Å²) in [5.74, 6) is -0.149. The number of halogens is 1. The maximum absolute atomic E-state index is 12.6. The van der Waals surface area contributed by atoms with Gasteiger partial charge in [0.1, 0.15) is 5.65 Å². The molecule has 3 rings (SSSR count). The number of hydrogen-bond acceptors (Lipinski definition) is 4. The number of nitrogens with zero attached hydrogens (tertiary/aromatic N) is 2. The van der Waals surface area contributed by atoms with E-state index in [2.05, 4.69) is 15.0 Å². The Morgan fingerprint density at radius 1 is 1.28 bits per heavy atom. The van der Waals surface area contributed by atoms with Crippen LogP contribution in [0.15, 0.2) is 48.8 Å². The second kappa shape index (κ2) is 7.12. The number of nitrogens with one attached hydrogen (secondary N) is 2. The van der Waals surface area contributed by atoms with Crippen molar-refractivity contribution in [3.63, 3.8) is 0 Å². The minimum atomic E-state index is -2.63. The fourth-order valence-corrected chi connectivity index (χ4v) is 2.76. The van der Waals surface area contributed by atoms with E-state index in [0.717, 1.165) is 5.56 Å². The maximum atomic E-state index is 12.6. The van der Waals surface area contributed by atoms with Gasteiger partial charge in [0.25, 0.3) is 5.91 Å². The molecule has 2 N–H and O–H groups in total. The Bertz CT molecular complexity index is 911. The Hall–Kier alpha value is -2.58. The molecule has 0 aliphatic heterocycles. The van der Waals surface area contributed by atoms with Crippen LogP contribution in [0.4, 0.5) is 9.57 Å². The molecule has 1 atom stereocenters. The molecule has 0 aliphatic rings. The van der Waals surface area contributed by atoms with E-state index in [1.807, 2.05) is 19.9 Å². The van der Waals surface area contributed by atoms with Gasteiger partial charge in [-0.05, 0) is 38.1 Å². The topological polar surface area (TPSA) is 81.5 Å². The van der Waals surface area contributed by atoms with E-state index in [9.17, 15) is 13.2 Å². The zero-order chi connectivity index (χ0) is 18.0. The number of imidazole rings is 1. The number of anilines is 1. The third-order valence-corrected chi connectivity index (χ3v) is 3.89. The van der Waals surface area contributed by atoms with Gasteiger partial charge in [-0.2, -0.15) is 4.72 Å². The smallest absolute Gasteiger partial charge is 0.303 e. The number of aromatic nitrogens is 2. The highest BCUT2D eigenvalue weighted by Gasteiger charge is 2.11. The molecule has 1 amide bonds. The summed E-state index contributed by atoms with van der Waals surface area (Å²) in [6, 6.07) is 10.3. The zero-order valence-corrected chi connectivity index (χ0v) is 14.5. The third kappa shape index (κ3) is 4.09. The van der Waals surface area contributed by atoms with Gasteiger partial charge >= 0.3 is 11.7 Å². The van der Waals surface area contributed by atoms with Gasteiger partial charge in [-0.25, -0.2) is 4.98 Å². The Morgan fingerprint density at radius 2 is 2.08 bits per heavy atom. The highest BCUT2D eigenvalue weighted by Crippen LogP contribution is 2.23. The van der Waals surface area contributed by atoms with E-state index in [1.165, 1.54) is 0 Å². The number of carbonyl (C=O) groups excluding carboxylic acids is 1. The third-order valence-electron chi connectivity index (χ3n) is 3.49. The van der Waals surface area contributed by atoms with Gasteiger partial charge in [-0.15, -0.1) is 0 Å². The van der Waals surface area contributed by atoms with Gasteiger partial charge in [-0.3, -0.25) is 4.79 Å². The Balaban J connectivity index is 1.92. The number of benzene rings is 1. The summed E-state index contributed by atoms with van der Waals surface area (Å²) in [5.41, 5.74) is 3.02. The molecule has 1 aromatic carbocycles. The minimum absolute atomic E-state index is 0.0536. The van der Waals surface area contributed by atoms with Gasteiger partial charge < -0.3 is 14.3 Å². The van der Waals surface area contributed by atoms with Crippen molar-refractivity contribution in [2.75, 3.05) is 4.72 Å². The minimum Gasteiger partial charge on any atom is -0.555 e. The van der Waals surface area contributed by atoms with Crippen LogP contribution in [0.2, 0.25) is 0 Å². The Morgan fingerprint density at radius 3 is 2.80 bits per heavy atom. The molecule has 2 heterocycles. The Kier molecular flexibility index (Phi) is 4.91. The molecule has 25 heavy (non-hydrogen) atoms. The van der Waals surface area contributed by atoms with E-state index in [1.54, 1.807) is 47.1 Å². The van der Waals surface area contributed by atoms with Crippen molar-refractivity contribution in [3.8, 4) is 11.3 Å². The molecule has 0 spiro atoms. The molecule has 0 fully saturated rings. The maximum Gasteiger partial charge on any atom is 0.303 e.